The second kappa shape index (κ2) is 9.38. The van der Waals surface area contributed by atoms with Crippen LogP contribution in [0.4, 0.5) is 5.82 Å². The molecule has 12 heteroatoms. The van der Waals surface area contributed by atoms with Crippen LogP contribution in [0.3, 0.4) is 0 Å². The lowest BCUT2D eigenvalue weighted by atomic mass is 10.2. The molecule has 0 aromatic carbocycles. The molecule has 10 nitrogen and oxygen atoms in total. The molecule has 0 radical (unpaired) electrons. The summed E-state index contributed by atoms with van der Waals surface area (Å²) >= 11 is 6.23. The van der Waals surface area contributed by atoms with Crippen LogP contribution in [0.15, 0.2) is 6.20 Å². The highest BCUT2D eigenvalue weighted by Gasteiger charge is 2.32. The minimum atomic E-state index is -2.07. The van der Waals surface area contributed by atoms with Crippen molar-refractivity contribution in [3.8, 4) is 0 Å². The number of amides is 1. The monoisotopic (exact) mass is 457 g/mol. The Morgan fingerprint density at radius 3 is 2.80 bits per heavy atom. The summed E-state index contributed by atoms with van der Waals surface area (Å²) in [6, 6.07) is 0.104. The first-order valence-electron chi connectivity index (χ1n) is 10.0. The van der Waals surface area contributed by atoms with Crippen LogP contribution in [-0.2, 0) is 14.3 Å². The Balaban J connectivity index is 1.59. The number of nitrogens with zero attached hydrogens (tertiary/aromatic N) is 5. The third-order valence-corrected chi connectivity index (χ3v) is 6.11. The van der Waals surface area contributed by atoms with Gasteiger partial charge < -0.3 is 19.3 Å². The van der Waals surface area contributed by atoms with Gasteiger partial charge in [-0.1, -0.05) is 12.8 Å². The minimum absolute atomic E-state index is 0.0561. The topological polar surface area (TPSA) is 123 Å². The van der Waals surface area contributed by atoms with Gasteiger partial charge in [0.1, 0.15) is 6.35 Å². The van der Waals surface area contributed by atoms with Gasteiger partial charge in [0, 0.05) is 13.0 Å². The third kappa shape index (κ3) is 4.59. The normalized spacial score (nSPS) is 22.4. The van der Waals surface area contributed by atoms with Crippen LogP contribution in [0.2, 0.25) is 5.28 Å². The van der Waals surface area contributed by atoms with Gasteiger partial charge in [0.15, 0.2) is 26.1 Å². The number of halogens is 1. The van der Waals surface area contributed by atoms with Gasteiger partial charge in [-0.3, -0.25) is 9.69 Å². The van der Waals surface area contributed by atoms with Crippen molar-refractivity contribution in [2.45, 2.75) is 63.8 Å². The molecule has 164 valence electrons. The lowest BCUT2D eigenvalue weighted by Gasteiger charge is -2.27. The van der Waals surface area contributed by atoms with E-state index in [9.17, 15) is 4.79 Å². The highest BCUT2D eigenvalue weighted by atomic mass is 35.5. The van der Waals surface area contributed by atoms with E-state index in [2.05, 4.69) is 15.1 Å². The molecule has 2 unspecified atom stereocenters. The molecule has 0 bridgehead atoms. The van der Waals surface area contributed by atoms with Crippen LogP contribution < -0.4 is 4.90 Å². The fourth-order valence-electron chi connectivity index (χ4n) is 4.28. The second-order valence-corrected chi connectivity index (χ2v) is 8.97. The lowest BCUT2D eigenvalue weighted by Crippen LogP contribution is -2.38. The van der Waals surface area contributed by atoms with Crippen LogP contribution in [0.5, 0.6) is 0 Å². The molecule has 1 amide bonds. The molecule has 2 atom stereocenters. The van der Waals surface area contributed by atoms with Crippen LogP contribution in [0.25, 0.3) is 11.0 Å². The molecule has 2 N–H and O–H groups in total. The van der Waals surface area contributed by atoms with Crippen molar-refractivity contribution in [2.24, 2.45) is 0 Å². The van der Waals surface area contributed by atoms with Crippen LogP contribution in [0.1, 0.15) is 51.7 Å². The molecule has 30 heavy (non-hydrogen) atoms. The Morgan fingerprint density at radius 1 is 1.33 bits per heavy atom. The third-order valence-electron chi connectivity index (χ3n) is 5.53. The molecule has 1 aliphatic heterocycles. The summed E-state index contributed by atoms with van der Waals surface area (Å²) < 4.78 is 13.0. The number of carbonyl (C=O) groups is 1. The number of hydrogen-bond acceptors (Lipinski definition) is 8. The van der Waals surface area contributed by atoms with Crippen molar-refractivity contribution < 1.29 is 24.1 Å². The van der Waals surface area contributed by atoms with Crippen LogP contribution in [-0.4, -0.2) is 60.5 Å². The van der Waals surface area contributed by atoms with Gasteiger partial charge >= 0.3 is 0 Å². The Morgan fingerprint density at radius 2 is 2.10 bits per heavy atom. The summed E-state index contributed by atoms with van der Waals surface area (Å²) in [6.07, 6.45) is 6.53. The zero-order chi connectivity index (χ0) is 21.3. The maximum Gasteiger partial charge on any atom is 0.226 e. The first kappa shape index (κ1) is 21.8. The zero-order valence-corrected chi connectivity index (χ0v) is 18.3. The summed E-state index contributed by atoms with van der Waals surface area (Å²) in [4.78, 5) is 40.8. The van der Waals surface area contributed by atoms with Crippen molar-refractivity contribution >= 4 is 42.7 Å². The highest BCUT2D eigenvalue weighted by Crippen LogP contribution is 2.35. The van der Waals surface area contributed by atoms with E-state index in [1.807, 2.05) is 0 Å². The maximum atomic E-state index is 12.5. The predicted octanol–water partition coefficient (Wildman–Crippen LogP) is 2.72. The molecule has 3 heterocycles. The Kier molecular flexibility index (Phi) is 6.81. The quantitative estimate of drug-likeness (QED) is 0.480. The molecule has 2 aromatic heterocycles. The van der Waals surface area contributed by atoms with Gasteiger partial charge in [-0.25, -0.2) is 4.68 Å². The molecule has 2 fully saturated rings. The lowest BCUT2D eigenvalue weighted by molar-refractivity contribution is -0.117. The van der Waals surface area contributed by atoms with E-state index in [1.54, 1.807) is 22.7 Å². The number of anilines is 1. The summed E-state index contributed by atoms with van der Waals surface area (Å²) in [5.74, 6) is 0.417. The molecule has 1 saturated carbocycles. The van der Waals surface area contributed by atoms with Crippen molar-refractivity contribution in [1.29, 1.82) is 0 Å². The molecule has 2 aliphatic rings. The highest BCUT2D eigenvalue weighted by molar-refractivity contribution is 7.44. The average Bonchev–Trinajstić information content (AvgIpc) is 3.41. The minimum Gasteiger partial charge on any atom is -0.369 e. The number of hydrogen-bond donors (Lipinski definition) is 2. The fourth-order valence-corrected chi connectivity index (χ4v) is 4.70. The van der Waals surface area contributed by atoms with E-state index in [1.165, 1.54) is 0 Å². The molecule has 1 saturated heterocycles. The van der Waals surface area contributed by atoms with Crippen LogP contribution >= 0.6 is 20.0 Å². The van der Waals surface area contributed by atoms with Crippen molar-refractivity contribution in [2.75, 3.05) is 17.9 Å². The SMILES string of the molecule is CC(=O)N(c1nc(Cl)nc2c1cnn2C1CCC(COCP(O)O)O1)C1CCCC1. The number of fused-ring (bicyclic) bond motifs is 1. The summed E-state index contributed by atoms with van der Waals surface area (Å²) in [6.45, 7) is 1.82. The Labute approximate surface area is 180 Å². The van der Waals surface area contributed by atoms with Gasteiger partial charge in [0.25, 0.3) is 0 Å². The first-order chi connectivity index (χ1) is 14.4. The number of ether oxygens (including phenoxy) is 2. The molecule has 4 rings (SSSR count). The number of carbonyl (C=O) groups excluding carboxylic acids is 1. The average molecular weight is 458 g/mol. The second-order valence-electron chi connectivity index (χ2n) is 7.63. The molecular weight excluding hydrogens is 433 g/mol. The number of rotatable bonds is 7. The fraction of sp³-hybridized carbons (Fsp3) is 0.667. The van der Waals surface area contributed by atoms with E-state index < -0.39 is 8.38 Å². The number of aromatic nitrogens is 4. The maximum absolute atomic E-state index is 12.5. The Bertz CT molecular complexity index is 906. The van der Waals surface area contributed by atoms with Crippen molar-refractivity contribution in [3.63, 3.8) is 0 Å². The summed E-state index contributed by atoms with van der Waals surface area (Å²) in [7, 11) is -2.07. The van der Waals surface area contributed by atoms with Crippen LogP contribution in [0, 0.1) is 0 Å². The smallest absolute Gasteiger partial charge is 0.226 e. The van der Waals surface area contributed by atoms with E-state index in [4.69, 9.17) is 30.9 Å². The van der Waals surface area contributed by atoms with Crippen molar-refractivity contribution in [1.82, 2.24) is 19.7 Å². The van der Waals surface area contributed by atoms with Gasteiger partial charge in [-0.15, -0.1) is 0 Å². The summed E-state index contributed by atoms with van der Waals surface area (Å²) in [5, 5.41) is 5.18. The predicted molar refractivity (Wildman–Crippen MR) is 111 cm³/mol. The molecule has 1 aliphatic carbocycles. The van der Waals surface area contributed by atoms with Gasteiger partial charge in [0.2, 0.25) is 11.2 Å². The van der Waals surface area contributed by atoms with Crippen molar-refractivity contribution in [3.05, 3.63) is 11.5 Å². The van der Waals surface area contributed by atoms with Gasteiger partial charge in [0.05, 0.1) is 24.3 Å². The standard InChI is InChI=1S/C18H25ClN5O5P/c1-11(25)23(12-4-2-3-5-12)16-14-8-20-24(17(14)22-18(19)21-16)15-7-6-13(29-15)9-28-10-30(26)27/h8,12-13,15,26-27H,2-7,9-10H2,1H3. The molecule has 2 aromatic rings. The Hall–Kier alpha value is -1.42. The summed E-state index contributed by atoms with van der Waals surface area (Å²) in [5.41, 5.74) is 0.523. The van der Waals surface area contributed by atoms with Gasteiger partial charge in [-0.05, 0) is 37.3 Å². The largest absolute Gasteiger partial charge is 0.369 e. The zero-order valence-electron chi connectivity index (χ0n) is 16.6. The van der Waals surface area contributed by atoms with E-state index >= 15 is 0 Å². The van der Waals surface area contributed by atoms with E-state index in [-0.39, 0.29) is 42.5 Å². The molecule has 0 spiro atoms. The van der Waals surface area contributed by atoms with E-state index in [0.717, 1.165) is 32.1 Å². The molecular formula is C18H25ClN5O5P. The van der Waals surface area contributed by atoms with E-state index in [0.29, 0.717) is 23.3 Å². The first-order valence-corrected chi connectivity index (χ1v) is 11.8. The van der Waals surface area contributed by atoms with Gasteiger partial charge in [-0.2, -0.15) is 15.1 Å².